The van der Waals surface area contributed by atoms with Crippen LogP contribution in [0.3, 0.4) is 0 Å². The third kappa shape index (κ3) is 5.06. The van der Waals surface area contributed by atoms with Gasteiger partial charge >= 0.3 is 6.09 Å². The molecule has 1 aromatic heterocycles. The third-order valence-electron chi connectivity index (χ3n) is 3.78. The minimum Gasteiger partial charge on any atom is -0.444 e. The molecule has 21 heavy (non-hydrogen) atoms. The average Bonchev–Trinajstić information content (AvgIpc) is 2.83. The number of imidazole rings is 1. The maximum Gasteiger partial charge on any atom is 0.408 e. The number of ether oxygens (including phenoxy) is 1. The first-order valence-electron chi connectivity index (χ1n) is 7.67. The fourth-order valence-corrected chi connectivity index (χ4v) is 2.16. The van der Waals surface area contributed by atoms with Crippen LogP contribution in [0.4, 0.5) is 4.79 Å². The predicted octanol–water partition coefficient (Wildman–Crippen LogP) is 4.08. The van der Waals surface area contributed by atoms with Gasteiger partial charge in [-0.1, -0.05) is 20.3 Å². The molecule has 5 heteroatoms. The summed E-state index contributed by atoms with van der Waals surface area (Å²) in [6, 6.07) is 0.198. The molecule has 0 saturated carbocycles. The first-order valence-corrected chi connectivity index (χ1v) is 7.67. The number of amides is 1. The molecule has 5 nitrogen and oxygen atoms in total. The Morgan fingerprint density at radius 3 is 2.52 bits per heavy atom. The minimum absolute atomic E-state index is 0.145. The number of carbonyl (C=O) groups excluding carboxylic acids is 1. The van der Waals surface area contributed by atoms with Gasteiger partial charge in [0.1, 0.15) is 5.60 Å². The molecule has 0 saturated heterocycles. The molecular weight excluding hydrogens is 266 g/mol. The molecule has 0 aromatic carbocycles. The number of rotatable bonds is 5. The van der Waals surface area contributed by atoms with Gasteiger partial charge in [-0.2, -0.15) is 0 Å². The summed E-state index contributed by atoms with van der Waals surface area (Å²) in [6.45, 7) is 14.1. The fraction of sp³-hybridized carbons (Fsp3) is 0.750. The van der Waals surface area contributed by atoms with E-state index in [0.29, 0.717) is 12.0 Å². The normalized spacial score (nSPS) is 16.1. The van der Waals surface area contributed by atoms with Gasteiger partial charge in [-0.3, -0.25) is 0 Å². The third-order valence-corrected chi connectivity index (χ3v) is 3.78. The van der Waals surface area contributed by atoms with Crippen molar-refractivity contribution in [3.05, 3.63) is 18.2 Å². The van der Waals surface area contributed by atoms with Crippen LogP contribution in [0.5, 0.6) is 0 Å². The molecule has 1 N–H and O–H groups in total. The fourth-order valence-electron chi connectivity index (χ4n) is 2.16. The van der Waals surface area contributed by atoms with Crippen LogP contribution in [0.2, 0.25) is 0 Å². The summed E-state index contributed by atoms with van der Waals surface area (Å²) in [6.07, 6.45) is 4.34. The number of hydrogen-bond donors (Lipinski definition) is 1. The number of nitrogens with zero attached hydrogens (tertiary/aromatic N) is 2. The Morgan fingerprint density at radius 1 is 1.38 bits per heavy atom. The van der Waals surface area contributed by atoms with E-state index in [1.165, 1.54) is 0 Å². The van der Waals surface area contributed by atoms with Crippen molar-refractivity contribution in [3.63, 3.8) is 0 Å². The molecule has 1 heterocycles. The van der Waals surface area contributed by atoms with Gasteiger partial charge < -0.3 is 14.6 Å². The number of carbonyl (C=O) groups is 1. The van der Waals surface area contributed by atoms with Gasteiger partial charge in [0.25, 0.3) is 0 Å². The van der Waals surface area contributed by atoms with Crippen LogP contribution in [0, 0.1) is 5.92 Å². The summed E-state index contributed by atoms with van der Waals surface area (Å²) in [5, 5.41) is 2.87. The Labute approximate surface area is 128 Å². The zero-order valence-electron chi connectivity index (χ0n) is 14.3. The molecule has 0 spiro atoms. The molecule has 2 unspecified atom stereocenters. The van der Waals surface area contributed by atoms with E-state index in [9.17, 15) is 4.79 Å². The van der Waals surface area contributed by atoms with Crippen molar-refractivity contribution in [2.24, 2.45) is 5.92 Å². The second kappa shape index (κ2) is 6.96. The summed E-state index contributed by atoms with van der Waals surface area (Å²) in [4.78, 5) is 16.1. The summed E-state index contributed by atoms with van der Waals surface area (Å²) < 4.78 is 7.43. The van der Waals surface area contributed by atoms with Crippen molar-refractivity contribution in [1.29, 1.82) is 0 Å². The molecule has 0 bridgehead atoms. The van der Waals surface area contributed by atoms with Crippen LogP contribution < -0.4 is 5.32 Å². The molecule has 1 aromatic rings. The van der Waals surface area contributed by atoms with Crippen LogP contribution >= 0.6 is 0 Å². The first-order chi connectivity index (χ1) is 9.65. The number of aromatic nitrogens is 2. The van der Waals surface area contributed by atoms with E-state index in [2.05, 4.69) is 35.6 Å². The van der Waals surface area contributed by atoms with Crippen molar-refractivity contribution in [2.45, 2.75) is 72.6 Å². The van der Waals surface area contributed by atoms with E-state index in [0.717, 1.165) is 12.1 Å². The minimum atomic E-state index is -0.492. The highest BCUT2D eigenvalue weighted by Gasteiger charge is 2.22. The number of nitrogens with one attached hydrogen (secondary N) is 1. The SMILES string of the molecule is CCC(C)C(C)n1cncc1[C@@H](C)NC(=O)OC(C)(C)C. The molecule has 3 atom stereocenters. The number of hydrogen-bond acceptors (Lipinski definition) is 3. The van der Waals surface area contributed by atoms with Crippen molar-refractivity contribution in [2.75, 3.05) is 0 Å². The molecule has 120 valence electrons. The Hall–Kier alpha value is -1.52. The average molecular weight is 295 g/mol. The Bertz CT molecular complexity index is 462. The first kappa shape index (κ1) is 17.5. The van der Waals surface area contributed by atoms with E-state index < -0.39 is 11.7 Å². The molecule has 0 aliphatic heterocycles. The van der Waals surface area contributed by atoms with E-state index >= 15 is 0 Å². The Kier molecular flexibility index (Phi) is 5.81. The summed E-state index contributed by atoms with van der Waals surface area (Å²) in [7, 11) is 0. The van der Waals surface area contributed by atoms with E-state index in [4.69, 9.17) is 4.74 Å². The maximum absolute atomic E-state index is 11.9. The second-order valence-electron chi connectivity index (χ2n) is 6.72. The lowest BCUT2D eigenvalue weighted by atomic mass is 10.0. The predicted molar refractivity (Wildman–Crippen MR) is 84.2 cm³/mol. The van der Waals surface area contributed by atoms with E-state index in [1.807, 2.05) is 34.0 Å². The molecule has 1 amide bonds. The van der Waals surface area contributed by atoms with Crippen LogP contribution in [-0.2, 0) is 4.74 Å². The highest BCUT2D eigenvalue weighted by molar-refractivity contribution is 5.68. The smallest absolute Gasteiger partial charge is 0.408 e. The van der Waals surface area contributed by atoms with Gasteiger partial charge in [0.2, 0.25) is 0 Å². The number of alkyl carbamates (subject to hydrolysis) is 1. The monoisotopic (exact) mass is 295 g/mol. The lowest BCUT2D eigenvalue weighted by Gasteiger charge is -2.26. The lowest BCUT2D eigenvalue weighted by Crippen LogP contribution is -2.35. The van der Waals surface area contributed by atoms with Crippen molar-refractivity contribution >= 4 is 6.09 Å². The quantitative estimate of drug-likeness (QED) is 0.890. The zero-order valence-corrected chi connectivity index (χ0v) is 14.3. The summed E-state index contributed by atoms with van der Waals surface area (Å²) >= 11 is 0. The van der Waals surface area contributed by atoms with E-state index in [1.54, 1.807) is 6.20 Å². The van der Waals surface area contributed by atoms with Gasteiger partial charge in [0, 0.05) is 6.04 Å². The highest BCUT2D eigenvalue weighted by atomic mass is 16.6. The van der Waals surface area contributed by atoms with Crippen molar-refractivity contribution in [1.82, 2.24) is 14.9 Å². The highest BCUT2D eigenvalue weighted by Crippen LogP contribution is 2.24. The maximum atomic E-state index is 11.9. The van der Waals surface area contributed by atoms with Crippen LogP contribution in [0.15, 0.2) is 12.5 Å². The van der Waals surface area contributed by atoms with Gasteiger partial charge in [0.05, 0.1) is 24.3 Å². The standard InChI is InChI=1S/C16H29N3O2/c1-8-11(2)13(4)19-10-17-9-14(19)12(3)18-15(20)21-16(5,6)7/h9-13H,8H2,1-7H3,(H,18,20)/t11?,12-,13?/m1/s1. The molecule has 0 fully saturated rings. The van der Waals surface area contributed by atoms with Crippen molar-refractivity contribution < 1.29 is 9.53 Å². The second-order valence-corrected chi connectivity index (χ2v) is 6.72. The van der Waals surface area contributed by atoms with Crippen LogP contribution in [-0.4, -0.2) is 21.2 Å². The van der Waals surface area contributed by atoms with Gasteiger partial charge in [-0.15, -0.1) is 0 Å². The largest absolute Gasteiger partial charge is 0.444 e. The van der Waals surface area contributed by atoms with Gasteiger partial charge in [-0.05, 0) is 40.5 Å². The van der Waals surface area contributed by atoms with Crippen molar-refractivity contribution in [3.8, 4) is 0 Å². The summed E-state index contributed by atoms with van der Waals surface area (Å²) in [5.41, 5.74) is 0.502. The molecule has 0 aliphatic rings. The molecule has 0 aliphatic carbocycles. The van der Waals surface area contributed by atoms with E-state index in [-0.39, 0.29) is 6.04 Å². The van der Waals surface area contributed by atoms with Crippen LogP contribution in [0.25, 0.3) is 0 Å². The Balaban J connectivity index is 2.78. The Morgan fingerprint density at radius 2 is 2.00 bits per heavy atom. The molecular formula is C16H29N3O2. The van der Waals surface area contributed by atoms with Crippen LogP contribution in [0.1, 0.15) is 72.7 Å². The zero-order chi connectivity index (χ0) is 16.2. The molecule has 0 radical (unpaired) electrons. The summed E-state index contributed by atoms with van der Waals surface area (Å²) in [5.74, 6) is 0.548. The lowest BCUT2D eigenvalue weighted by molar-refractivity contribution is 0.0505. The van der Waals surface area contributed by atoms with Gasteiger partial charge in [-0.25, -0.2) is 9.78 Å². The van der Waals surface area contributed by atoms with Gasteiger partial charge in [0.15, 0.2) is 0 Å². The topological polar surface area (TPSA) is 56.2 Å². The molecule has 1 rings (SSSR count).